The van der Waals surface area contributed by atoms with Crippen LogP contribution in [0.2, 0.25) is 0 Å². The summed E-state index contributed by atoms with van der Waals surface area (Å²) in [7, 11) is 0. The van der Waals surface area contributed by atoms with Crippen LogP contribution in [0, 0.1) is 0 Å². The van der Waals surface area contributed by atoms with Crippen LogP contribution in [-0.4, -0.2) is 23.5 Å². The van der Waals surface area contributed by atoms with Crippen molar-refractivity contribution in [1.29, 1.82) is 0 Å². The average Bonchev–Trinajstić information content (AvgIpc) is 3.35. The summed E-state index contributed by atoms with van der Waals surface area (Å²) in [6.07, 6.45) is 9.11. The van der Waals surface area contributed by atoms with Crippen LogP contribution in [-0.2, 0) is 36.8 Å². The maximum atomic E-state index is 13.4. The molecule has 0 unspecified atom stereocenters. The molecule has 0 saturated carbocycles. The van der Waals surface area contributed by atoms with Gasteiger partial charge in [-0.25, -0.2) is 9.78 Å². The van der Waals surface area contributed by atoms with Gasteiger partial charge in [0.1, 0.15) is 14.7 Å². The van der Waals surface area contributed by atoms with Crippen LogP contribution in [0.5, 0.6) is 0 Å². The summed E-state index contributed by atoms with van der Waals surface area (Å²) >= 11 is 2.85. The monoisotopic (exact) mass is 483 g/mol. The van der Waals surface area contributed by atoms with Crippen molar-refractivity contribution in [3.63, 3.8) is 0 Å². The van der Waals surface area contributed by atoms with Crippen molar-refractivity contribution < 1.29 is 14.3 Å². The first-order valence-corrected chi connectivity index (χ1v) is 13.5. The SMILES string of the molecule is CCOC(=O)c1c(NC(=O)c2sc3nc(CC)c4c(c3c2N)CCCC4)sc2c1CCCC2. The molecule has 0 radical (unpaired) electrons. The number of rotatable bonds is 5. The first kappa shape index (κ1) is 22.3. The lowest BCUT2D eigenvalue weighted by molar-refractivity contribution is 0.0526. The number of nitrogens with two attached hydrogens (primary N) is 1. The number of hydrogen-bond donors (Lipinski definition) is 2. The molecule has 3 aromatic heterocycles. The van der Waals surface area contributed by atoms with E-state index in [4.69, 9.17) is 15.5 Å². The van der Waals surface area contributed by atoms with Crippen LogP contribution < -0.4 is 11.1 Å². The molecule has 2 aliphatic carbocycles. The zero-order chi connectivity index (χ0) is 23.1. The van der Waals surface area contributed by atoms with Crippen LogP contribution in [0.3, 0.4) is 0 Å². The van der Waals surface area contributed by atoms with E-state index in [1.165, 1.54) is 45.1 Å². The van der Waals surface area contributed by atoms with Crippen molar-refractivity contribution in [3.05, 3.63) is 37.7 Å². The molecule has 0 aliphatic heterocycles. The second kappa shape index (κ2) is 9.06. The molecular weight excluding hydrogens is 454 g/mol. The van der Waals surface area contributed by atoms with E-state index >= 15 is 0 Å². The van der Waals surface area contributed by atoms with Crippen molar-refractivity contribution in [2.75, 3.05) is 17.7 Å². The first-order chi connectivity index (χ1) is 16.0. The fourth-order valence-electron chi connectivity index (χ4n) is 5.19. The third-order valence-corrected chi connectivity index (χ3v) is 9.01. The molecule has 0 fully saturated rings. The highest BCUT2D eigenvalue weighted by atomic mass is 32.1. The van der Waals surface area contributed by atoms with Gasteiger partial charge < -0.3 is 15.8 Å². The number of fused-ring (bicyclic) bond motifs is 4. The number of anilines is 2. The summed E-state index contributed by atoms with van der Waals surface area (Å²) in [6, 6.07) is 0. The van der Waals surface area contributed by atoms with Gasteiger partial charge in [0.05, 0.1) is 17.9 Å². The molecule has 6 nitrogen and oxygen atoms in total. The average molecular weight is 484 g/mol. The molecule has 2 aliphatic rings. The smallest absolute Gasteiger partial charge is 0.341 e. The number of carbonyl (C=O) groups is 2. The van der Waals surface area contributed by atoms with E-state index in [0.29, 0.717) is 27.7 Å². The van der Waals surface area contributed by atoms with Gasteiger partial charge in [0, 0.05) is 16.0 Å². The molecule has 174 valence electrons. The Morgan fingerprint density at radius 3 is 2.42 bits per heavy atom. The van der Waals surface area contributed by atoms with Crippen molar-refractivity contribution in [1.82, 2.24) is 4.98 Å². The summed E-state index contributed by atoms with van der Waals surface area (Å²) in [5, 5.41) is 4.54. The molecule has 1 amide bonds. The zero-order valence-electron chi connectivity index (χ0n) is 19.1. The third kappa shape index (κ3) is 3.83. The molecular formula is C25H29N3O3S2. The third-order valence-electron chi connectivity index (χ3n) is 6.70. The van der Waals surface area contributed by atoms with Gasteiger partial charge in [-0.05, 0) is 81.4 Å². The maximum Gasteiger partial charge on any atom is 0.341 e. The number of ether oxygens (including phenoxy) is 1. The van der Waals surface area contributed by atoms with E-state index in [-0.39, 0.29) is 11.9 Å². The summed E-state index contributed by atoms with van der Waals surface area (Å²) < 4.78 is 5.32. The maximum absolute atomic E-state index is 13.4. The summed E-state index contributed by atoms with van der Waals surface area (Å²) in [4.78, 5) is 33.5. The van der Waals surface area contributed by atoms with Gasteiger partial charge >= 0.3 is 5.97 Å². The molecule has 3 aromatic rings. The van der Waals surface area contributed by atoms with Crippen molar-refractivity contribution >= 4 is 55.5 Å². The van der Waals surface area contributed by atoms with E-state index in [0.717, 1.165) is 72.8 Å². The number of nitrogen functional groups attached to an aromatic ring is 1. The summed E-state index contributed by atoms with van der Waals surface area (Å²) in [6.45, 7) is 4.23. The van der Waals surface area contributed by atoms with E-state index in [1.54, 1.807) is 6.92 Å². The summed E-state index contributed by atoms with van der Waals surface area (Å²) in [5.74, 6) is -0.637. The Bertz CT molecular complexity index is 1260. The van der Waals surface area contributed by atoms with Crippen LogP contribution in [0.1, 0.15) is 86.8 Å². The first-order valence-electron chi connectivity index (χ1n) is 11.9. The minimum absolute atomic E-state index is 0.276. The van der Waals surface area contributed by atoms with Gasteiger partial charge in [0.25, 0.3) is 5.91 Å². The highest BCUT2D eigenvalue weighted by Crippen LogP contribution is 2.42. The van der Waals surface area contributed by atoms with Crippen molar-refractivity contribution in [2.24, 2.45) is 0 Å². The topological polar surface area (TPSA) is 94.3 Å². The Labute approximate surface area is 201 Å². The number of carbonyl (C=O) groups excluding carboxylic acids is 2. The molecule has 33 heavy (non-hydrogen) atoms. The van der Waals surface area contributed by atoms with E-state index in [2.05, 4.69) is 12.2 Å². The fraction of sp³-hybridized carbons (Fsp3) is 0.480. The Hall–Kier alpha value is -2.45. The fourth-order valence-corrected chi connectivity index (χ4v) is 7.50. The Morgan fingerprint density at radius 1 is 1.00 bits per heavy atom. The predicted octanol–water partition coefficient (Wildman–Crippen LogP) is 5.69. The molecule has 3 heterocycles. The lowest BCUT2D eigenvalue weighted by atomic mass is 9.88. The standard InChI is InChI=1S/C25H29N3O3S2/c1-3-16-13-9-5-6-10-14(13)18-20(26)21(33-23(18)27-16)22(29)28-24-19(25(30)31-4-2)15-11-7-8-12-17(15)32-24/h3-12,26H2,1-2H3,(H,28,29). The van der Waals surface area contributed by atoms with Gasteiger partial charge in [-0.3, -0.25) is 4.79 Å². The number of esters is 1. The lowest BCUT2D eigenvalue weighted by Gasteiger charge is -2.19. The second-order valence-corrected chi connectivity index (χ2v) is 10.8. The van der Waals surface area contributed by atoms with E-state index in [1.807, 2.05) is 0 Å². The van der Waals surface area contributed by atoms with Crippen LogP contribution in [0.15, 0.2) is 0 Å². The highest BCUT2D eigenvalue weighted by molar-refractivity contribution is 7.21. The van der Waals surface area contributed by atoms with Gasteiger partial charge in [-0.2, -0.15) is 0 Å². The van der Waals surface area contributed by atoms with Gasteiger partial charge in [0.2, 0.25) is 0 Å². The molecule has 0 saturated heterocycles. The van der Waals surface area contributed by atoms with Crippen molar-refractivity contribution in [3.8, 4) is 0 Å². The minimum Gasteiger partial charge on any atom is -0.462 e. The van der Waals surface area contributed by atoms with Gasteiger partial charge in [-0.1, -0.05) is 6.92 Å². The number of thiophene rings is 2. The van der Waals surface area contributed by atoms with E-state index in [9.17, 15) is 9.59 Å². The number of amides is 1. The highest BCUT2D eigenvalue weighted by Gasteiger charge is 2.29. The minimum atomic E-state index is -0.361. The molecule has 8 heteroatoms. The Morgan fingerprint density at radius 2 is 1.70 bits per heavy atom. The van der Waals surface area contributed by atoms with Crippen LogP contribution in [0.4, 0.5) is 10.7 Å². The largest absolute Gasteiger partial charge is 0.462 e. The molecule has 0 spiro atoms. The zero-order valence-corrected chi connectivity index (χ0v) is 20.8. The number of nitrogens with one attached hydrogen (secondary N) is 1. The molecule has 5 rings (SSSR count). The molecule has 0 atom stereocenters. The quantitative estimate of drug-likeness (QED) is 0.455. The second-order valence-electron chi connectivity index (χ2n) is 8.69. The number of nitrogens with zero attached hydrogens (tertiary/aromatic N) is 1. The number of aromatic nitrogens is 1. The lowest BCUT2D eigenvalue weighted by Crippen LogP contribution is -2.16. The van der Waals surface area contributed by atoms with Gasteiger partial charge in [-0.15, -0.1) is 22.7 Å². The number of pyridine rings is 1. The number of aryl methyl sites for hydroxylation is 3. The van der Waals surface area contributed by atoms with Gasteiger partial charge in [0.15, 0.2) is 0 Å². The van der Waals surface area contributed by atoms with Crippen LogP contribution in [0.25, 0.3) is 10.2 Å². The van der Waals surface area contributed by atoms with Crippen molar-refractivity contribution in [2.45, 2.75) is 71.6 Å². The molecule has 0 bridgehead atoms. The number of hydrogen-bond acceptors (Lipinski definition) is 7. The predicted molar refractivity (Wildman–Crippen MR) is 135 cm³/mol. The van der Waals surface area contributed by atoms with E-state index < -0.39 is 0 Å². The Balaban J connectivity index is 1.55. The summed E-state index contributed by atoms with van der Waals surface area (Å²) in [5.41, 5.74) is 12.4. The molecule has 3 N–H and O–H groups in total. The molecule has 0 aromatic carbocycles. The Kier molecular flexibility index (Phi) is 6.14. The normalized spacial score (nSPS) is 15.2. The van der Waals surface area contributed by atoms with Crippen LogP contribution >= 0.6 is 22.7 Å².